The van der Waals surface area contributed by atoms with Crippen LogP contribution in [0.1, 0.15) is 36.9 Å². The highest BCUT2D eigenvalue weighted by Crippen LogP contribution is 2.28. The van der Waals surface area contributed by atoms with Gasteiger partial charge in [-0.3, -0.25) is 9.69 Å². The summed E-state index contributed by atoms with van der Waals surface area (Å²) in [7, 11) is 0. The molecule has 172 valence electrons. The molecule has 3 amide bonds. The zero-order chi connectivity index (χ0) is 23.5. The molecule has 2 aliphatic rings. The van der Waals surface area contributed by atoms with Gasteiger partial charge >= 0.3 is 6.03 Å². The fraction of sp³-hybridized carbons (Fsp3) is 0.214. The van der Waals surface area contributed by atoms with Crippen molar-refractivity contribution < 1.29 is 14.3 Å². The Hall–Kier alpha value is -3.90. The summed E-state index contributed by atoms with van der Waals surface area (Å²) in [6.07, 6.45) is 4.24. The summed E-state index contributed by atoms with van der Waals surface area (Å²) in [6.45, 7) is 4.51. The van der Waals surface area contributed by atoms with Gasteiger partial charge in [0.1, 0.15) is 17.2 Å². The summed E-state index contributed by atoms with van der Waals surface area (Å²) in [5.41, 5.74) is 2.87. The second-order valence-corrected chi connectivity index (χ2v) is 8.62. The number of carbonyl (C=O) groups is 2. The molecule has 0 saturated carbocycles. The number of imide groups is 1. The van der Waals surface area contributed by atoms with Crippen LogP contribution in [-0.2, 0) is 4.79 Å². The third-order valence-electron chi connectivity index (χ3n) is 6.37. The molecule has 0 spiro atoms. The number of hydrogen-bond donors (Lipinski definition) is 1. The Bertz CT molecular complexity index is 1200. The van der Waals surface area contributed by atoms with Gasteiger partial charge in [-0.25, -0.2) is 9.69 Å². The van der Waals surface area contributed by atoms with Crippen LogP contribution in [0.15, 0.2) is 84.6 Å². The van der Waals surface area contributed by atoms with Crippen molar-refractivity contribution in [3.05, 3.63) is 95.7 Å². The van der Waals surface area contributed by atoms with E-state index in [1.807, 2.05) is 42.5 Å². The Balaban J connectivity index is 1.28. The van der Waals surface area contributed by atoms with Gasteiger partial charge in [0.25, 0.3) is 5.91 Å². The van der Waals surface area contributed by atoms with Crippen molar-refractivity contribution in [1.29, 1.82) is 0 Å². The number of hydrogen-bond acceptors (Lipinski definition) is 4. The minimum absolute atomic E-state index is 0.259. The van der Waals surface area contributed by atoms with Gasteiger partial charge in [-0.1, -0.05) is 42.5 Å². The first kappa shape index (κ1) is 21.9. The summed E-state index contributed by atoms with van der Waals surface area (Å²) in [5, 5.41) is 2.70. The van der Waals surface area contributed by atoms with E-state index in [2.05, 4.69) is 29.3 Å². The van der Waals surface area contributed by atoms with E-state index in [1.165, 1.54) is 18.4 Å². The van der Waals surface area contributed by atoms with Gasteiger partial charge < -0.3 is 10.1 Å². The van der Waals surface area contributed by atoms with Crippen LogP contribution in [0.5, 0.6) is 11.5 Å². The largest absolute Gasteiger partial charge is 0.457 e. The van der Waals surface area contributed by atoms with Crippen molar-refractivity contribution in [1.82, 2.24) is 10.2 Å². The molecule has 6 nitrogen and oxygen atoms in total. The summed E-state index contributed by atoms with van der Waals surface area (Å²) >= 11 is 0. The number of nitrogens with zero attached hydrogens (tertiary/aromatic N) is 2. The predicted octanol–water partition coefficient (Wildman–Crippen LogP) is 5.73. The number of nitrogens with one attached hydrogen (secondary N) is 1. The number of urea groups is 1. The van der Waals surface area contributed by atoms with Crippen LogP contribution < -0.4 is 15.0 Å². The van der Waals surface area contributed by atoms with Gasteiger partial charge in [0.15, 0.2) is 0 Å². The molecular formula is C28H27N3O3. The van der Waals surface area contributed by atoms with Crippen molar-refractivity contribution in [3.63, 3.8) is 0 Å². The molecule has 2 saturated heterocycles. The van der Waals surface area contributed by atoms with E-state index in [0.717, 1.165) is 29.3 Å². The maximum absolute atomic E-state index is 13.0. The SMILES string of the molecule is CC(c1ccc(/C=C2\NC(=O)N(c3ccc(Oc4ccccc4)cc3)C2=O)cc1)N1CCCC1. The predicted molar refractivity (Wildman–Crippen MR) is 133 cm³/mol. The molecule has 5 rings (SSSR count). The minimum Gasteiger partial charge on any atom is -0.457 e. The van der Waals surface area contributed by atoms with E-state index >= 15 is 0 Å². The fourth-order valence-electron chi connectivity index (χ4n) is 4.43. The molecule has 6 heteroatoms. The van der Waals surface area contributed by atoms with Gasteiger partial charge in [0.2, 0.25) is 0 Å². The molecule has 1 atom stereocenters. The molecule has 0 radical (unpaired) electrons. The lowest BCUT2D eigenvalue weighted by Crippen LogP contribution is -2.30. The topological polar surface area (TPSA) is 61.9 Å². The molecule has 0 aromatic heterocycles. The number of rotatable bonds is 6. The normalized spacial score (nSPS) is 18.4. The number of likely N-dealkylation sites (tertiary alicyclic amines) is 1. The smallest absolute Gasteiger partial charge is 0.333 e. The zero-order valence-electron chi connectivity index (χ0n) is 19.1. The number of amides is 3. The molecule has 2 fully saturated rings. The molecular weight excluding hydrogens is 426 g/mol. The Labute approximate surface area is 199 Å². The summed E-state index contributed by atoms with van der Waals surface area (Å²) in [6, 6.07) is 24.4. The van der Waals surface area contributed by atoms with Crippen LogP contribution in [0.2, 0.25) is 0 Å². The quantitative estimate of drug-likeness (QED) is 0.382. The van der Waals surface area contributed by atoms with Crippen LogP contribution in [0, 0.1) is 0 Å². The number of anilines is 1. The van der Waals surface area contributed by atoms with E-state index in [9.17, 15) is 9.59 Å². The first-order chi connectivity index (χ1) is 16.6. The molecule has 2 aliphatic heterocycles. The standard InChI is InChI=1S/C28H27N3O3/c1-20(30-17-5-6-18-30)22-11-9-21(10-12-22)19-26-27(32)31(28(33)29-26)23-13-15-25(16-14-23)34-24-7-3-2-4-8-24/h2-4,7-16,19-20H,5-6,17-18H2,1H3,(H,29,33)/b26-19-. The lowest BCUT2D eigenvalue weighted by Gasteiger charge is -2.24. The van der Waals surface area contributed by atoms with Gasteiger partial charge in [0.05, 0.1) is 5.69 Å². The first-order valence-electron chi connectivity index (χ1n) is 11.6. The highest BCUT2D eigenvalue weighted by molar-refractivity contribution is 6.28. The molecule has 0 bridgehead atoms. The van der Waals surface area contributed by atoms with E-state index in [1.54, 1.807) is 30.3 Å². The van der Waals surface area contributed by atoms with Crippen LogP contribution in [0.3, 0.4) is 0 Å². The molecule has 3 aromatic rings. The summed E-state index contributed by atoms with van der Waals surface area (Å²) in [4.78, 5) is 29.2. The van der Waals surface area contributed by atoms with Gasteiger partial charge in [-0.05, 0) is 86.5 Å². The van der Waals surface area contributed by atoms with Crippen molar-refractivity contribution in [2.75, 3.05) is 18.0 Å². The van der Waals surface area contributed by atoms with Gasteiger partial charge in [-0.2, -0.15) is 0 Å². The van der Waals surface area contributed by atoms with Crippen LogP contribution in [-0.4, -0.2) is 29.9 Å². The monoisotopic (exact) mass is 453 g/mol. The van der Waals surface area contributed by atoms with Gasteiger partial charge in [0, 0.05) is 6.04 Å². The van der Waals surface area contributed by atoms with E-state index in [-0.39, 0.29) is 11.6 Å². The molecule has 0 aliphatic carbocycles. The average Bonchev–Trinajstić information content (AvgIpc) is 3.49. The summed E-state index contributed by atoms with van der Waals surface area (Å²) in [5.74, 6) is 0.966. The Morgan fingerprint density at radius 2 is 1.50 bits per heavy atom. The lowest BCUT2D eigenvalue weighted by atomic mass is 10.0. The second kappa shape index (κ2) is 9.53. The molecule has 1 N–H and O–H groups in total. The molecule has 3 aromatic carbocycles. The van der Waals surface area contributed by atoms with Crippen molar-refractivity contribution >= 4 is 23.7 Å². The van der Waals surface area contributed by atoms with E-state index in [0.29, 0.717) is 17.5 Å². The minimum atomic E-state index is -0.466. The number of para-hydroxylation sites is 1. The number of ether oxygens (including phenoxy) is 1. The van der Waals surface area contributed by atoms with Crippen molar-refractivity contribution in [2.24, 2.45) is 0 Å². The summed E-state index contributed by atoms with van der Waals surface area (Å²) < 4.78 is 5.79. The van der Waals surface area contributed by atoms with Crippen LogP contribution in [0.25, 0.3) is 6.08 Å². The Morgan fingerprint density at radius 1 is 0.853 bits per heavy atom. The lowest BCUT2D eigenvalue weighted by molar-refractivity contribution is -0.113. The van der Waals surface area contributed by atoms with Crippen molar-refractivity contribution in [3.8, 4) is 11.5 Å². The Kier molecular flexibility index (Phi) is 6.14. The molecule has 34 heavy (non-hydrogen) atoms. The molecule has 2 heterocycles. The van der Waals surface area contributed by atoms with Crippen molar-refractivity contribution in [2.45, 2.75) is 25.8 Å². The maximum Gasteiger partial charge on any atom is 0.333 e. The number of carbonyl (C=O) groups excluding carboxylic acids is 2. The third kappa shape index (κ3) is 4.58. The Morgan fingerprint density at radius 3 is 2.18 bits per heavy atom. The number of benzene rings is 3. The third-order valence-corrected chi connectivity index (χ3v) is 6.37. The highest BCUT2D eigenvalue weighted by Gasteiger charge is 2.34. The fourth-order valence-corrected chi connectivity index (χ4v) is 4.43. The van der Waals surface area contributed by atoms with Crippen LogP contribution >= 0.6 is 0 Å². The van der Waals surface area contributed by atoms with Gasteiger partial charge in [-0.15, -0.1) is 0 Å². The average molecular weight is 454 g/mol. The zero-order valence-corrected chi connectivity index (χ0v) is 19.1. The molecule has 1 unspecified atom stereocenters. The van der Waals surface area contributed by atoms with E-state index < -0.39 is 6.03 Å². The second-order valence-electron chi connectivity index (χ2n) is 8.62. The van der Waals surface area contributed by atoms with Crippen LogP contribution in [0.4, 0.5) is 10.5 Å². The van der Waals surface area contributed by atoms with E-state index in [4.69, 9.17) is 4.74 Å². The first-order valence-corrected chi connectivity index (χ1v) is 11.6. The maximum atomic E-state index is 13.0. The highest BCUT2D eigenvalue weighted by atomic mass is 16.5.